The van der Waals surface area contributed by atoms with Crippen molar-refractivity contribution in [3.05, 3.63) is 0 Å². The molecule has 7 nitrogen and oxygen atoms in total. The number of rotatable bonds is 0. The Morgan fingerprint density at radius 2 is 1.10 bits per heavy atom. The second-order valence-electron chi connectivity index (χ2n) is 1.35. The van der Waals surface area contributed by atoms with Gasteiger partial charge in [-0.15, -0.1) is 0 Å². The predicted molar refractivity (Wildman–Crippen MR) is 43.1 cm³/mol. The molecule has 0 aliphatic carbocycles. The van der Waals surface area contributed by atoms with Crippen molar-refractivity contribution in [2.45, 2.75) is 0 Å². The lowest BCUT2D eigenvalue weighted by molar-refractivity contribution is 0.374. The highest BCUT2D eigenvalue weighted by Gasteiger charge is 1.96. The van der Waals surface area contributed by atoms with Crippen LogP contribution in [0.2, 0.25) is 0 Å². The Kier molecular flexibility index (Phi) is 5.97. The Morgan fingerprint density at radius 1 is 1.10 bits per heavy atom. The lowest BCUT2D eigenvalue weighted by Crippen LogP contribution is -2.11. The molecule has 0 aromatic carbocycles. The van der Waals surface area contributed by atoms with Crippen molar-refractivity contribution in [3.63, 3.8) is 0 Å². The fourth-order valence-electron chi connectivity index (χ4n) is 0. The molecular weight excluding hydrogens is 198 g/mol. The number of hydrogen-bond acceptors (Lipinski definition) is 2. The molecule has 10 heavy (non-hydrogen) atoms. The Morgan fingerprint density at radius 3 is 1.10 bits per heavy atom. The molecule has 0 amide bonds. The Labute approximate surface area is 63.1 Å². The van der Waals surface area contributed by atoms with Crippen LogP contribution in [0.25, 0.3) is 0 Å². The van der Waals surface area contributed by atoms with Gasteiger partial charge in [0, 0.05) is 0 Å². The lowest BCUT2D eigenvalue weighted by atomic mass is 13.8. The van der Waals surface area contributed by atoms with E-state index in [0.29, 0.717) is 0 Å². The average Bonchev–Trinajstić information content (AvgIpc) is 1.12. The van der Waals surface area contributed by atoms with E-state index in [-0.39, 0.29) is 0 Å². The van der Waals surface area contributed by atoms with Gasteiger partial charge in [0.1, 0.15) is 6.49 Å². The minimum atomic E-state index is -4.14. The van der Waals surface area contributed by atoms with Crippen LogP contribution in [0.1, 0.15) is 0 Å². The van der Waals surface area contributed by atoms with E-state index in [1.165, 1.54) is 0 Å². The third kappa shape index (κ3) is 1230. The highest BCUT2D eigenvalue weighted by Crippen LogP contribution is 2.20. The monoisotopic (exact) mass is 208 g/mol. The van der Waals surface area contributed by atoms with Crippen molar-refractivity contribution in [2.75, 3.05) is 0 Å². The van der Waals surface area contributed by atoms with E-state index in [2.05, 4.69) is 17.3 Å². The van der Waals surface area contributed by atoms with E-state index in [1.54, 1.807) is 0 Å². The zero-order valence-corrected chi connectivity index (χ0v) is 7.52. The first-order valence-electron chi connectivity index (χ1n) is 1.80. The van der Waals surface area contributed by atoms with Gasteiger partial charge in [-0.2, -0.15) is 0 Å². The van der Waals surface area contributed by atoms with Crippen LogP contribution >= 0.6 is 14.2 Å². The van der Waals surface area contributed by atoms with Crippen LogP contribution in [-0.2, 0) is 16.4 Å². The van der Waals surface area contributed by atoms with Crippen molar-refractivity contribution in [3.8, 4) is 0 Å². The molecule has 10 heteroatoms. The van der Waals surface area contributed by atoms with E-state index in [1.807, 2.05) is 0 Å². The second kappa shape index (κ2) is 4.50. The molecule has 0 unspecified atom stereocenters. The standard InChI is InChI=1S/H6N3PS.H4NO3P/c1-4(2,3)5;1-5(2,3)4/h(H6,1,2,3,5);(H4,1,2,3,4). The first-order chi connectivity index (χ1) is 4.00. The summed E-state index contributed by atoms with van der Waals surface area (Å²) in [4.78, 5) is 14.8. The molecule has 0 atom stereocenters. The second-order valence-corrected chi connectivity index (χ2v) is 5.95. The van der Waals surface area contributed by atoms with Crippen LogP contribution in [0.15, 0.2) is 0 Å². The number of nitrogens with two attached hydrogens (primary N) is 4. The summed E-state index contributed by atoms with van der Waals surface area (Å²) in [5.74, 6) is 0. The minimum Gasteiger partial charge on any atom is -0.313 e. The van der Waals surface area contributed by atoms with E-state index in [9.17, 15) is 0 Å². The Bertz CT molecular complexity index is 131. The molecule has 0 spiro atoms. The summed E-state index contributed by atoms with van der Waals surface area (Å²) in [6, 6.07) is 0. The zero-order chi connectivity index (χ0) is 9.00. The summed E-state index contributed by atoms with van der Waals surface area (Å²) < 4.78 is 9.10. The van der Waals surface area contributed by atoms with Crippen LogP contribution < -0.4 is 22.0 Å². The molecular formula is H10N4O3P2S. The molecule has 0 fully saturated rings. The topological polar surface area (TPSA) is 162 Å². The van der Waals surface area contributed by atoms with Gasteiger partial charge in [-0.25, -0.2) is 10.1 Å². The van der Waals surface area contributed by atoms with Gasteiger partial charge >= 0.3 is 7.75 Å². The fourth-order valence-corrected chi connectivity index (χ4v) is 0. The van der Waals surface area contributed by atoms with Crippen LogP contribution in [0.4, 0.5) is 0 Å². The van der Waals surface area contributed by atoms with Crippen LogP contribution in [0.5, 0.6) is 0 Å². The van der Waals surface area contributed by atoms with Gasteiger partial charge < -0.3 is 9.79 Å². The largest absolute Gasteiger partial charge is 0.397 e. The highest BCUT2D eigenvalue weighted by atomic mass is 32.4. The molecule has 0 aromatic heterocycles. The fraction of sp³-hybridized carbons (Fsp3) is 0. The number of hydrogen-bond donors (Lipinski definition) is 6. The van der Waals surface area contributed by atoms with Gasteiger partial charge in [0.05, 0.1) is 0 Å². The van der Waals surface area contributed by atoms with Crippen molar-refractivity contribution in [2.24, 2.45) is 22.0 Å². The molecule has 0 bridgehead atoms. The SMILES string of the molecule is NP(=O)(O)O.NP(N)(N)=S. The highest BCUT2D eigenvalue weighted by molar-refractivity contribution is 8.11. The summed E-state index contributed by atoms with van der Waals surface area (Å²) in [6.07, 6.45) is 0. The molecule has 0 aliphatic rings. The Hall–Kier alpha value is 0.640. The summed E-state index contributed by atoms with van der Waals surface area (Å²) in [5, 5.41) is 0. The molecule has 64 valence electrons. The van der Waals surface area contributed by atoms with Crippen LogP contribution in [0.3, 0.4) is 0 Å². The molecule has 10 N–H and O–H groups in total. The van der Waals surface area contributed by atoms with Crippen molar-refractivity contribution < 1.29 is 14.4 Å². The first-order valence-corrected chi connectivity index (χ1v) is 6.49. The first kappa shape index (κ1) is 13.2. The van der Waals surface area contributed by atoms with Crippen molar-refractivity contribution in [1.29, 1.82) is 0 Å². The lowest BCUT2D eigenvalue weighted by Gasteiger charge is -1.94. The third-order valence-electron chi connectivity index (χ3n) is 0. The normalized spacial score (nSPS) is 11.8. The quantitative estimate of drug-likeness (QED) is 0.252. The maximum Gasteiger partial charge on any atom is 0.397 e. The van der Waals surface area contributed by atoms with Gasteiger partial charge in [0.25, 0.3) is 0 Å². The maximum absolute atomic E-state index is 9.10. The molecule has 0 saturated heterocycles. The molecule has 0 rings (SSSR count). The van der Waals surface area contributed by atoms with Crippen molar-refractivity contribution >= 4 is 26.0 Å². The molecule has 0 radical (unpaired) electrons. The van der Waals surface area contributed by atoms with Crippen LogP contribution in [0, 0.1) is 0 Å². The molecule has 0 aromatic rings. The molecule has 0 aliphatic heterocycles. The van der Waals surface area contributed by atoms with Gasteiger partial charge in [0.2, 0.25) is 0 Å². The van der Waals surface area contributed by atoms with Gasteiger partial charge in [-0.1, -0.05) is 0 Å². The van der Waals surface area contributed by atoms with Crippen molar-refractivity contribution in [1.82, 2.24) is 0 Å². The summed E-state index contributed by atoms with van der Waals surface area (Å²) in [7, 11) is -4.14. The maximum atomic E-state index is 9.10. The van der Waals surface area contributed by atoms with Crippen LogP contribution in [-0.4, -0.2) is 9.79 Å². The average molecular weight is 208 g/mol. The van der Waals surface area contributed by atoms with Gasteiger partial charge in [-0.05, 0) is 11.8 Å². The van der Waals surface area contributed by atoms with E-state index >= 15 is 0 Å². The summed E-state index contributed by atoms with van der Waals surface area (Å²) >= 11 is 4.27. The smallest absolute Gasteiger partial charge is 0.313 e. The predicted octanol–water partition coefficient (Wildman–Crippen LogP) is -1.88. The van der Waals surface area contributed by atoms with E-state index < -0.39 is 14.2 Å². The van der Waals surface area contributed by atoms with Gasteiger partial charge in [0.15, 0.2) is 0 Å². The summed E-state index contributed by atoms with van der Waals surface area (Å²) in [5.41, 5.74) is 18.5. The molecule has 0 saturated carbocycles. The van der Waals surface area contributed by atoms with E-state index in [4.69, 9.17) is 30.9 Å². The zero-order valence-electron chi connectivity index (χ0n) is 4.91. The Balaban J connectivity index is 0. The third-order valence-corrected chi connectivity index (χ3v) is 0. The molecule has 0 heterocycles. The summed E-state index contributed by atoms with van der Waals surface area (Å²) in [6.45, 7) is -2.31. The van der Waals surface area contributed by atoms with E-state index in [0.717, 1.165) is 0 Å². The minimum absolute atomic E-state index is 2.31. The van der Waals surface area contributed by atoms with Gasteiger partial charge in [-0.3, -0.25) is 16.5 Å².